The fraction of sp³-hybridized carbons (Fsp3) is 0.343. The van der Waals surface area contributed by atoms with Gasteiger partial charge in [0.15, 0.2) is 0 Å². The molecule has 0 radical (unpaired) electrons. The molecule has 0 bridgehead atoms. The van der Waals surface area contributed by atoms with E-state index in [4.69, 9.17) is 6.58 Å². The van der Waals surface area contributed by atoms with Crippen LogP contribution in [0.2, 0.25) is 0 Å². The van der Waals surface area contributed by atoms with E-state index in [0.717, 1.165) is 37.1 Å². The Hall–Kier alpha value is -5.66. The largest absolute Gasteiger partial charge is 0.385 e. The number of nitrogens with zero attached hydrogens (tertiary/aromatic N) is 1. The Morgan fingerprint density at radius 2 is 1.62 bits per heavy atom. The van der Waals surface area contributed by atoms with E-state index >= 15 is 0 Å². The molecule has 3 unspecified atom stereocenters. The highest BCUT2D eigenvalue weighted by Gasteiger charge is 2.38. The van der Waals surface area contributed by atoms with Gasteiger partial charge in [-0.1, -0.05) is 190 Å². The molecule has 73 heavy (non-hydrogen) atoms. The Bertz CT molecular complexity index is 2910. The summed E-state index contributed by atoms with van der Waals surface area (Å²) in [5.41, 5.74) is 9.02. The SMILES string of the molecule is C=C/C=C\C=C\N(C(=C)CC(NC1CC=Cc2c1sc1ccccc21)/C(=C/NC(C=C)C/C=C/C)B(/C=C/C=C(\C=C)C(C)(C)CCC(C)C)c1cc2cc3c(cc2s1)C(C)(C)CCC3(C)C)c1ccccc1. The van der Waals surface area contributed by atoms with Gasteiger partial charge in [0.1, 0.15) is 0 Å². The first-order chi connectivity index (χ1) is 35.0. The lowest BCUT2D eigenvalue weighted by atomic mass is 9.41. The van der Waals surface area contributed by atoms with Crippen molar-refractivity contribution in [2.75, 3.05) is 4.90 Å². The topological polar surface area (TPSA) is 27.3 Å². The van der Waals surface area contributed by atoms with Crippen LogP contribution in [0.3, 0.4) is 0 Å². The summed E-state index contributed by atoms with van der Waals surface area (Å²) in [6.45, 7) is 38.6. The number of hydrogen-bond donors (Lipinski definition) is 2. The molecule has 2 heterocycles. The summed E-state index contributed by atoms with van der Waals surface area (Å²) in [6, 6.07) is 27.0. The van der Waals surface area contributed by atoms with Crippen LogP contribution >= 0.6 is 22.7 Å². The van der Waals surface area contributed by atoms with Gasteiger partial charge in [0.05, 0.1) is 0 Å². The van der Waals surface area contributed by atoms with E-state index in [1.807, 2.05) is 47.0 Å². The van der Waals surface area contributed by atoms with Crippen LogP contribution in [-0.4, -0.2) is 18.8 Å². The molecule has 2 aliphatic carbocycles. The Balaban J connectivity index is 1.47. The summed E-state index contributed by atoms with van der Waals surface area (Å²) in [7, 11) is 0. The number of rotatable bonds is 24. The molecule has 7 rings (SSSR count). The van der Waals surface area contributed by atoms with Crippen molar-refractivity contribution in [3.8, 4) is 0 Å². The van der Waals surface area contributed by atoms with Crippen molar-refractivity contribution in [3.05, 3.63) is 223 Å². The predicted octanol–water partition coefficient (Wildman–Crippen LogP) is 18.2. The van der Waals surface area contributed by atoms with Gasteiger partial charge in [-0.15, -0.1) is 35.2 Å². The fourth-order valence-corrected chi connectivity index (χ4v) is 13.0. The molecule has 0 saturated carbocycles. The zero-order valence-electron chi connectivity index (χ0n) is 45.5. The Morgan fingerprint density at radius 3 is 2.32 bits per heavy atom. The molecule has 0 fully saturated rings. The Kier molecular flexibility index (Phi) is 18.6. The molecule has 2 aliphatic rings. The molecular formula is C67H82BN3S2. The van der Waals surface area contributed by atoms with Crippen LogP contribution < -0.4 is 20.3 Å². The zero-order valence-corrected chi connectivity index (χ0v) is 47.2. The normalized spacial score (nSPS) is 17.7. The van der Waals surface area contributed by atoms with Crippen molar-refractivity contribution in [1.82, 2.24) is 10.6 Å². The molecule has 3 nitrogen and oxygen atoms in total. The van der Waals surface area contributed by atoms with Crippen molar-refractivity contribution in [2.45, 2.75) is 136 Å². The van der Waals surface area contributed by atoms with E-state index in [9.17, 15) is 0 Å². The van der Waals surface area contributed by atoms with Crippen molar-refractivity contribution in [1.29, 1.82) is 0 Å². The van der Waals surface area contributed by atoms with Gasteiger partial charge in [0.25, 0.3) is 0 Å². The smallest absolute Gasteiger partial charge is 0.245 e. The second kappa shape index (κ2) is 24.6. The number of thiophene rings is 2. The quantitative estimate of drug-likeness (QED) is 0.0366. The van der Waals surface area contributed by atoms with Gasteiger partial charge < -0.3 is 15.5 Å². The zero-order chi connectivity index (χ0) is 52.3. The van der Waals surface area contributed by atoms with Crippen LogP contribution in [-0.2, 0) is 10.8 Å². The van der Waals surface area contributed by atoms with Gasteiger partial charge in [0, 0.05) is 61.8 Å². The third kappa shape index (κ3) is 13.4. The van der Waals surface area contributed by atoms with Gasteiger partial charge in [-0.25, -0.2) is 0 Å². The summed E-state index contributed by atoms with van der Waals surface area (Å²) in [4.78, 5) is 3.62. The average Bonchev–Trinajstić information content (AvgIpc) is 3.98. The van der Waals surface area contributed by atoms with Crippen LogP contribution in [0.15, 0.2) is 201 Å². The van der Waals surface area contributed by atoms with Gasteiger partial charge in [-0.05, 0) is 142 Å². The molecule has 3 atom stereocenters. The van der Waals surface area contributed by atoms with Crippen molar-refractivity contribution in [3.63, 3.8) is 0 Å². The Labute approximate surface area is 449 Å². The fourth-order valence-electron chi connectivity index (χ4n) is 10.6. The molecule has 0 spiro atoms. The van der Waals surface area contributed by atoms with Gasteiger partial charge in [0.2, 0.25) is 6.71 Å². The number of para-hydroxylation sites is 1. The van der Waals surface area contributed by atoms with Crippen molar-refractivity contribution in [2.24, 2.45) is 11.3 Å². The number of nitrogens with one attached hydrogen (secondary N) is 2. The number of fused-ring (bicyclic) bond motifs is 5. The molecule has 380 valence electrons. The minimum absolute atomic E-state index is 0.0273. The second-order valence-corrected chi connectivity index (χ2v) is 24.7. The van der Waals surface area contributed by atoms with E-state index in [2.05, 4.69) is 237 Å². The van der Waals surface area contributed by atoms with E-state index in [1.165, 1.54) is 70.4 Å². The molecular weight excluding hydrogens is 922 g/mol. The number of benzene rings is 3. The van der Waals surface area contributed by atoms with Crippen LogP contribution in [0, 0.1) is 11.3 Å². The summed E-state index contributed by atoms with van der Waals surface area (Å²) in [5, 5.41) is 11.0. The standard InChI is InChI=1S/C67H82BN3S2/c1-14-18-20-26-42-71(53-31-22-21-23-32-53)49(7)43-60(70-59-35-27-34-55-54-33-24-25-36-61(54)73-64(55)59)58(47-69-52(17-4)30-19-15-2)68(41-28-29-51(16-3)65(8,9)38-37-48(5)6)63-45-50-44-56-57(46-62(50)72-63)67(12,13)40-39-66(56,10)11/h14-29,31-34,36,41-42,44-48,52,59-60,69-70H,1,3-4,7,30,35,37-40,43H2,2,5-6,8-13H3/b19-15+,20-18-,41-28+,42-26+,51-29+,58-47-. The number of anilines is 1. The molecule has 2 N–H and O–H groups in total. The maximum Gasteiger partial charge on any atom is 0.245 e. The molecule has 3 aromatic carbocycles. The molecule has 6 heteroatoms. The summed E-state index contributed by atoms with van der Waals surface area (Å²) >= 11 is 3.87. The van der Waals surface area contributed by atoms with Crippen molar-refractivity contribution < 1.29 is 0 Å². The molecule has 2 aromatic heterocycles. The first kappa shape index (κ1) is 55.1. The lowest BCUT2D eigenvalue weighted by molar-refractivity contribution is 0.332. The number of hydrogen-bond acceptors (Lipinski definition) is 5. The van der Waals surface area contributed by atoms with Crippen LogP contribution in [0.4, 0.5) is 5.69 Å². The van der Waals surface area contributed by atoms with E-state index in [0.29, 0.717) is 12.3 Å². The predicted molar refractivity (Wildman–Crippen MR) is 329 cm³/mol. The van der Waals surface area contributed by atoms with E-state index in [-0.39, 0.29) is 41.1 Å². The highest BCUT2D eigenvalue weighted by atomic mass is 32.1. The Morgan fingerprint density at radius 1 is 0.890 bits per heavy atom. The second-order valence-electron chi connectivity index (χ2n) is 22.5. The highest BCUT2D eigenvalue weighted by molar-refractivity contribution is 7.30. The first-order valence-corrected chi connectivity index (χ1v) is 28.3. The lowest BCUT2D eigenvalue weighted by Crippen LogP contribution is -2.45. The van der Waals surface area contributed by atoms with Gasteiger partial charge in [-0.3, -0.25) is 0 Å². The minimum Gasteiger partial charge on any atom is -0.385 e. The summed E-state index contributed by atoms with van der Waals surface area (Å²) in [5.74, 6) is 3.09. The average molecular weight is 1000 g/mol. The molecule has 0 amide bonds. The molecule has 0 saturated heterocycles. The third-order valence-electron chi connectivity index (χ3n) is 15.3. The van der Waals surface area contributed by atoms with E-state index < -0.39 is 0 Å². The molecule has 0 aliphatic heterocycles. The van der Waals surface area contributed by atoms with Crippen LogP contribution in [0.5, 0.6) is 0 Å². The monoisotopic (exact) mass is 1000 g/mol. The third-order valence-corrected chi connectivity index (χ3v) is 17.8. The number of allylic oxidation sites excluding steroid dienone is 9. The van der Waals surface area contributed by atoms with E-state index in [1.54, 1.807) is 0 Å². The summed E-state index contributed by atoms with van der Waals surface area (Å²) < 4.78 is 3.97. The maximum atomic E-state index is 4.94. The summed E-state index contributed by atoms with van der Waals surface area (Å²) in [6.07, 6.45) is 37.1. The first-order valence-electron chi connectivity index (χ1n) is 26.7. The highest BCUT2D eigenvalue weighted by Crippen LogP contribution is 2.48. The van der Waals surface area contributed by atoms with Gasteiger partial charge >= 0.3 is 0 Å². The minimum atomic E-state index is -0.165. The maximum absolute atomic E-state index is 4.94. The van der Waals surface area contributed by atoms with Gasteiger partial charge in [-0.2, -0.15) is 0 Å². The van der Waals surface area contributed by atoms with Crippen LogP contribution in [0.25, 0.3) is 26.2 Å². The lowest BCUT2D eigenvalue weighted by Gasteiger charge is -2.41. The molecule has 5 aromatic rings. The van der Waals surface area contributed by atoms with Crippen molar-refractivity contribution >= 4 is 66.1 Å². The van der Waals surface area contributed by atoms with Crippen LogP contribution in [0.1, 0.15) is 135 Å².